The molecular formula is C80H54B2N6O6Pt. The van der Waals surface area contributed by atoms with Crippen LogP contribution in [0.25, 0.3) is 100 Å². The number of ether oxygens (including phenoxy) is 4. The predicted molar refractivity (Wildman–Crippen MR) is 374 cm³/mol. The number of oxazole rings is 2. The average molecular weight is 1410 g/mol. The summed E-state index contributed by atoms with van der Waals surface area (Å²) in [5.74, 6) is 9.22. The van der Waals surface area contributed by atoms with Crippen LogP contribution < -0.4 is 51.7 Å². The first-order valence-corrected chi connectivity index (χ1v) is 31.7. The summed E-state index contributed by atoms with van der Waals surface area (Å²) in [4.78, 5) is 19.1. The van der Waals surface area contributed by atoms with E-state index < -0.39 is 0 Å². The van der Waals surface area contributed by atoms with E-state index in [4.69, 9.17) is 47.7 Å². The molecule has 0 saturated heterocycles. The number of nitrogens with zero attached hydrogens (tertiary/aromatic N) is 6. The second-order valence-corrected chi connectivity index (χ2v) is 26.7. The predicted octanol–water partition coefficient (Wildman–Crippen LogP) is 15.6. The Kier molecular flexibility index (Phi) is 12.6. The molecule has 20 rings (SSSR count). The summed E-state index contributed by atoms with van der Waals surface area (Å²) in [6.45, 7) is 12.9. The van der Waals surface area contributed by atoms with Crippen LogP contribution in [-0.4, -0.2) is 42.5 Å². The van der Waals surface area contributed by atoms with Gasteiger partial charge in [-0.3, -0.25) is 9.55 Å². The molecule has 0 spiro atoms. The van der Waals surface area contributed by atoms with Gasteiger partial charge in [-0.25, -0.2) is 15.0 Å². The molecule has 10 aromatic carbocycles. The first kappa shape index (κ1) is 56.8. The first-order chi connectivity index (χ1) is 45.8. The van der Waals surface area contributed by atoms with Crippen LogP contribution in [0, 0.1) is 12.1 Å². The smallest absolute Gasteiger partial charge is 0.518 e. The average Bonchev–Trinajstić information content (AvgIpc) is 1.66. The van der Waals surface area contributed by atoms with Crippen molar-refractivity contribution >= 4 is 112 Å². The van der Waals surface area contributed by atoms with Crippen molar-refractivity contribution < 1.29 is 48.8 Å². The first-order valence-electron chi connectivity index (χ1n) is 31.7. The van der Waals surface area contributed by atoms with Gasteiger partial charge in [0.05, 0.1) is 16.6 Å². The van der Waals surface area contributed by atoms with Crippen LogP contribution >= 0.6 is 0 Å². The number of hydrogen-bond donors (Lipinski definition) is 0. The molecule has 6 aromatic heterocycles. The summed E-state index contributed by atoms with van der Waals surface area (Å²) in [5.41, 5.74) is 17.0. The quantitative estimate of drug-likeness (QED) is 0.124. The van der Waals surface area contributed by atoms with E-state index in [1.807, 2.05) is 116 Å². The molecule has 456 valence electrons. The van der Waals surface area contributed by atoms with E-state index in [-0.39, 0.29) is 45.3 Å². The molecule has 0 bridgehead atoms. The van der Waals surface area contributed by atoms with Crippen molar-refractivity contribution in [3.05, 3.63) is 242 Å². The number of aromatic nitrogens is 6. The molecule has 0 unspecified atom stereocenters. The molecule has 0 radical (unpaired) electrons. The van der Waals surface area contributed by atoms with E-state index in [0.29, 0.717) is 11.8 Å². The summed E-state index contributed by atoms with van der Waals surface area (Å²) >= 11 is 0. The molecule has 15 heteroatoms. The molecule has 0 fully saturated rings. The molecule has 0 N–H and O–H groups in total. The fourth-order valence-corrected chi connectivity index (χ4v) is 14.3. The number of rotatable bonds is 4. The standard InChI is InChI=1S/C40H28BN3O3.C40H26BN3O3.Pt/c2*1-40(2,3)24-19-35-38-36(20-24)46-34-21-26-25-10-4-6-12-30(25)44(37-14-8-9-17-42-37)31(26)22-28(34)41(38)27-18-23(15-16-32(27)45-35)39-43-29-11-5-7-13-33(29)47-39;/h4-22H,1-3H3;4-17,19-21H,1-3H3;/q;-2;+2. The van der Waals surface area contributed by atoms with Gasteiger partial charge < -0.3 is 32.3 Å². The van der Waals surface area contributed by atoms with E-state index in [0.717, 1.165) is 178 Å². The summed E-state index contributed by atoms with van der Waals surface area (Å²) in [7, 11) is 0. The number of fused-ring (bicyclic) bond motifs is 16. The monoisotopic (exact) mass is 1410 g/mol. The third kappa shape index (κ3) is 8.94. The van der Waals surface area contributed by atoms with Gasteiger partial charge in [0.15, 0.2) is 5.58 Å². The van der Waals surface area contributed by atoms with Crippen LogP contribution in [0.1, 0.15) is 52.7 Å². The van der Waals surface area contributed by atoms with Crippen molar-refractivity contribution in [2.45, 2.75) is 52.4 Å². The zero-order valence-electron chi connectivity index (χ0n) is 52.4. The van der Waals surface area contributed by atoms with Gasteiger partial charge in [-0.05, 0) is 147 Å². The van der Waals surface area contributed by atoms with Gasteiger partial charge >= 0.3 is 21.1 Å². The Morgan fingerprint density at radius 2 is 0.895 bits per heavy atom. The Bertz CT molecular complexity index is 5460. The summed E-state index contributed by atoms with van der Waals surface area (Å²) in [5, 5.41) is 4.44. The van der Waals surface area contributed by atoms with Crippen molar-refractivity contribution in [3.8, 4) is 80.5 Å². The van der Waals surface area contributed by atoms with Crippen LogP contribution in [0.15, 0.2) is 227 Å². The van der Waals surface area contributed by atoms with Gasteiger partial charge in [0.25, 0.3) is 6.71 Å². The minimum absolute atomic E-state index is 0. The van der Waals surface area contributed by atoms with Crippen molar-refractivity contribution in [1.82, 2.24) is 29.1 Å². The fraction of sp³-hybridized carbons (Fsp3) is 0.100. The Labute approximate surface area is 561 Å². The van der Waals surface area contributed by atoms with Gasteiger partial charge in [0.2, 0.25) is 12.6 Å². The van der Waals surface area contributed by atoms with Crippen LogP contribution in [-0.2, 0) is 31.9 Å². The molecule has 0 aliphatic carbocycles. The van der Waals surface area contributed by atoms with Gasteiger partial charge in [-0.15, -0.1) is 35.2 Å². The van der Waals surface area contributed by atoms with E-state index in [9.17, 15) is 0 Å². The van der Waals surface area contributed by atoms with E-state index in [1.54, 1.807) is 0 Å². The summed E-state index contributed by atoms with van der Waals surface area (Å²) in [6, 6.07) is 77.7. The molecule has 4 aliphatic rings. The van der Waals surface area contributed by atoms with Gasteiger partial charge in [0.1, 0.15) is 63.1 Å². The second-order valence-electron chi connectivity index (χ2n) is 26.7. The van der Waals surface area contributed by atoms with Crippen molar-refractivity contribution in [2.24, 2.45) is 0 Å². The van der Waals surface area contributed by atoms with Crippen LogP contribution in [0.2, 0.25) is 0 Å². The summed E-state index contributed by atoms with van der Waals surface area (Å²) in [6.07, 6.45) is 3.67. The normalized spacial score (nSPS) is 13.2. The van der Waals surface area contributed by atoms with Crippen LogP contribution in [0.5, 0.6) is 46.0 Å². The maximum Gasteiger partial charge on any atom is 2.00 e. The fourth-order valence-electron chi connectivity index (χ4n) is 14.3. The molecule has 10 heterocycles. The van der Waals surface area contributed by atoms with Crippen molar-refractivity contribution in [2.75, 3.05) is 0 Å². The topological polar surface area (TPSA) is 125 Å². The van der Waals surface area contributed by atoms with E-state index >= 15 is 0 Å². The minimum Gasteiger partial charge on any atom is -0.518 e. The molecule has 0 saturated carbocycles. The van der Waals surface area contributed by atoms with Crippen molar-refractivity contribution in [1.29, 1.82) is 0 Å². The number of pyridine rings is 2. The number of hydrogen-bond acceptors (Lipinski definition) is 10. The summed E-state index contributed by atoms with van der Waals surface area (Å²) < 4.78 is 43.9. The maximum atomic E-state index is 6.87. The molecule has 4 aliphatic heterocycles. The van der Waals surface area contributed by atoms with Gasteiger partial charge in [0, 0.05) is 56.7 Å². The molecule has 95 heavy (non-hydrogen) atoms. The zero-order valence-corrected chi connectivity index (χ0v) is 54.7. The van der Waals surface area contributed by atoms with Gasteiger partial charge in [-0.1, -0.05) is 137 Å². The third-order valence-corrected chi connectivity index (χ3v) is 18.9. The number of para-hydroxylation sites is 6. The largest absolute Gasteiger partial charge is 2.00 e. The third-order valence-electron chi connectivity index (χ3n) is 18.9. The Balaban J connectivity index is 0.000000138. The molecular weight excluding hydrogens is 1360 g/mol. The van der Waals surface area contributed by atoms with Gasteiger partial charge in [-0.2, -0.15) is 6.07 Å². The van der Waals surface area contributed by atoms with E-state index in [1.165, 1.54) is 0 Å². The van der Waals surface area contributed by atoms with E-state index in [2.05, 4.69) is 166 Å². The molecule has 0 amide bonds. The molecule has 16 aromatic rings. The zero-order chi connectivity index (χ0) is 62.9. The maximum absolute atomic E-state index is 6.87. The number of benzene rings is 10. The minimum atomic E-state index is -0.245. The van der Waals surface area contributed by atoms with Crippen LogP contribution in [0.4, 0.5) is 0 Å². The second kappa shape index (κ2) is 21.0. The van der Waals surface area contributed by atoms with Crippen LogP contribution in [0.3, 0.4) is 0 Å². The Morgan fingerprint density at radius 3 is 1.54 bits per heavy atom. The molecule has 0 atom stereocenters. The Hall–Kier alpha value is -10.9. The van der Waals surface area contributed by atoms with Crippen molar-refractivity contribution in [3.63, 3.8) is 0 Å². The Morgan fingerprint density at radius 1 is 0.389 bits per heavy atom. The SMILES string of the molecule is CC(C)(C)c1cc2c3c(c1)Oc1cc4c5ccccc5n(-c5ccccn5)c4[c-]c1B3c1[c-]c(-c3nc4ccccc4o3)ccc1O2.CC(C)(C)c1cc2c3c(c1)Oc1cc4c5ccccc5n(-c5ccccn5)c4cc1B3c1cc(-c3nc4ccccc4o3)ccc1O2.[Pt+2]. The molecule has 12 nitrogen and oxygen atoms in total.